The molecule has 3 aromatic rings. The number of H-pyrrole nitrogens is 1. The molecule has 2 N–H and O–H groups in total. The molecule has 0 bridgehead atoms. The number of aromatic amines is 1. The Morgan fingerprint density at radius 1 is 1.13 bits per heavy atom. The summed E-state index contributed by atoms with van der Waals surface area (Å²) in [6, 6.07) is 6.47. The number of halogens is 3. The zero-order valence-electron chi connectivity index (χ0n) is 12.6. The number of hydrogen-bond donors (Lipinski definition) is 2. The fraction of sp³-hybridized carbons (Fsp3) is 0.250. The van der Waals surface area contributed by atoms with Gasteiger partial charge in [0, 0.05) is 11.9 Å². The average molecular weight is 320 g/mol. The van der Waals surface area contributed by atoms with E-state index in [0.717, 1.165) is 34.4 Å². The minimum absolute atomic E-state index is 0.300. The third kappa shape index (κ3) is 3.28. The number of benzene rings is 1. The van der Waals surface area contributed by atoms with E-state index in [1.807, 2.05) is 26.0 Å². The van der Waals surface area contributed by atoms with E-state index in [1.54, 1.807) is 0 Å². The molecular formula is C16H15F3N4. The van der Waals surface area contributed by atoms with Gasteiger partial charge in [-0.25, -0.2) is 4.98 Å². The number of nitrogens with one attached hydrogen (secondary N) is 2. The van der Waals surface area contributed by atoms with E-state index in [9.17, 15) is 13.2 Å². The Hall–Kier alpha value is -2.57. The SMILES string of the molecule is Cc1cc2nc(CNc3ccnc(C(F)(F)F)c3)[nH]c2cc1C. The van der Waals surface area contributed by atoms with Crippen LogP contribution in [0.4, 0.5) is 18.9 Å². The molecule has 0 saturated heterocycles. The van der Waals surface area contributed by atoms with E-state index < -0.39 is 11.9 Å². The van der Waals surface area contributed by atoms with Crippen molar-refractivity contribution < 1.29 is 13.2 Å². The molecule has 120 valence electrons. The van der Waals surface area contributed by atoms with Crippen LogP contribution in [-0.2, 0) is 12.7 Å². The predicted molar refractivity (Wildman–Crippen MR) is 82.1 cm³/mol. The maximum Gasteiger partial charge on any atom is 0.433 e. The standard InChI is InChI=1S/C16H15F3N4/c1-9-5-12-13(6-10(9)2)23-15(22-12)8-21-11-3-4-20-14(7-11)16(17,18)19/h3-7H,8H2,1-2H3,(H,20,21)(H,22,23). The van der Waals surface area contributed by atoms with Crippen molar-refractivity contribution >= 4 is 16.7 Å². The van der Waals surface area contributed by atoms with Crippen LogP contribution >= 0.6 is 0 Å². The number of fused-ring (bicyclic) bond motifs is 1. The highest BCUT2D eigenvalue weighted by Crippen LogP contribution is 2.28. The Balaban J connectivity index is 1.78. The minimum Gasteiger partial charge on any atom is -0.378 e. The number of aromatic nitrogens is 3. The summed E-state index contributed by atoms with van der Waals surface area (Å²) in [5.41, 5.74) is 3.49. The number of alkyl halides is 3. The monoisotopic (exact) mass is 320 g/mol. The second-order valence-electron chi connectivity index (χ2n) is 5.42. The normalized spacial score (nSPS) is 11.9. The van der Waals surface area contributed by atoms with E-state index in [1.165, 1.54) is 6.07 Å². The van der Waals surface area contributed by atoms with Crippen molar-refractivity contribution in [3.05, 3.63) is 53.1 Å². The highest BCUT2D eigenvalue weighted by Gasteiger charge is 2.32. The Bertz CT molecular complexity index is 813. The van der Waals surface area contributed by atoms with Crippen LogP contribution < -0.4 is 5.32 Å². The molecule has 0 amide bonds. The highest BCUT2D eigenvalue weighted by atomic mass is 19.4. The molecular weight excluding hydrogens is 305 g/mol. The number of hydrogen-bond acceptors (Lipinski definition) is 3. The lowest BCUT2D eigenvalue weighted by Crippen LogP contribution is -2.09. The van der Waals surface area contributed by atoms with Crippen LogP contribution in [0.2, 0.25) is 0 Å². The highest BCUT2D eigenvalue weighted by molar-refractivity contribution is 5.77. The van der Waals surface area contributed by atoms with Gasteiger partial charge in [0.1, 0.15) is 11.5 Å². The molecule has 0 aliphatic rings. The van der Waals surface area contributed by atoms with Gasteiger partial charge >= 0.3 is 6.18 Å². The van der Waals surface area contributed by atoms with Gasteiger partial charge in [-0.2, -0.15) is 13.2 Å². The Morgan fingerprint density at radius 2 is 1.87 bits per heavy atom. The first kappa shape index (κ1) is 15.3. The molecule has 1 aromatic carbocycles. The van der Waals surface area contributed by atoms with E-state index in [0.29, 0.717) is 18.1 Å². The lowest BCUT2D eigenvalue weighted by molar-refractivity contribution is -0.141. The van der Waals surface area contributed by atoms with Crippen molar-refractivity contribution in [3.8, 4) is 0 Å². The fourth-order valence-electron chi connectivity index (χ4n) is 2.29. The summed E-state index contributed by atoms with van der Waals surface area (Å²) in [5, 5.41) is 2.93. The number of aryl methyl sites for hydroxylation is 2. The maximum atomic E-state index is 12.6. The summed E-state index contributed by atoms with van der Waals surface area (Å²) in [4.78, 5) is 10.9. The van der Waals surface area contributed by atoms with Crippen LogP contribution in [0.3, 0.4) is 0 Å². The van der Waals surface area contributed by atoms with Gasteiger partial charge in [-0.05, 0) is 49.2 Å². The minimum atomic E-state index is -4.45. The van der Waals surface area contributed by atoms with Crippen LogP contribution in [0.25, 0.3) is 11.0 Å². The quantitative estimate of drug-likeness (QED) is 0.760. The summed E-state index contributed by atoms with van der Waals surface area (Å²) >= 11 is 0. The van der Waals surface area contributed by atoms with Gasteiger partial charge < -0.3 is 10.3 Å². The van der Waals surface area contributed by atoms with Crippen molar-refractivity contribution in [1.29, 1.82) is 0 Å². The molecule has 0 unspecified atom stereocenters. The van der Waals surface area contributed by atoms with E-state index in [-0.39, 0.29) is 0 Å². The number of rotatable bonds is 3. The largest absolute Gasteiger partial charge is 0.433 e. The summed E-state index contributed by atoms with van der Waals surface area (Å²) < 4.78 is 37.9. The Morgan fingerprint density at radius 3 is 2.61 bits per heavy atom. The van der Waals surface area contributed by atoms with E-state index in [2.05, 4.69) is 20.3 Å². The lowest BCUT2D eigenvalue weighted by atomic mass is 10.1. The van der Waals surface area contributed by atoms with E-state index in [4.69, 9.17) is 0 Å². The van der Waals surface area contributed by atoms with Crippen LogP contribution in [-0.4, -0.2) is 15.0 Å². The van der Waals surface area contributed by atoms with Gasteiger partial charge in [0.2, 0.25) is 0 Å². The van der Waals surface area contributed by atoms with Gasteiger partial charge in [0.15, 0.2) is 0 Å². The second-order valence-corrected chi connectivity index (χ2v) is 5.42. The lowest BCUT2D eigenvalue weighted by Gasteiger charge is -2.08. The van der Waals surface area contributed by atoms with Gasteiger partial charge in [-0.1, -0.05) is 0 Å². The van der Waals surface area contributed by atoms with Crippen molar-refractivity contribution in [3.63, 3.8) is 0 Å². The molecule has 0 aliphatic carbocycles. The van der Waals surface area contributed by atoms with Crippen LogP contribution in [0, 0.1) is 13.8 Å². The first-order valence-corrected chi connectivity index (χ1v) is 7.06. The molecule has 23 heavy (non-hydrogen) atoms. The maximum absolute atomic E-state index is 12.6. The third-order valence-corrected chi connectivity index (χ3v) is 3.66. The predicted octanol–water partition coefficient (Wildman–Crippen LogP) is 4.21. The number of nitrogens with zero attached hydrogens (tertiary/aromatic N) is 2. The van der Waals surface area contributed by atoms with Gasteiger partial charge in [0.05, 0.1) is 17.6 Å². The zero-order valence-corrected chi connectivity index (χ0v) is 12.6. The van der Waals surface area contributed by atoms with Crippen molar-refractivity contribution in [2.75, 3.05) is 5.32 Å². The molecule has 4 nitrogen and oxygen atoms in total. The topological polar surface area (TPSA) is 53.6 Å². The molecule has 0 atom stereocenters. The average Bonchev–Trinajstić information content (AvgIpc) is 2.87. The first-order valence-electron chi connectivity index (χ1n) is 7.06. The summed E-state index contributed by atoms with van der Waals surface area (Å²) in [7, 11) is 0. The van der Waals surface area contributed by atoms with Crippen molar-refractivity contribution in [2.24, 2.45) is 0 Å². The van der Waals surface area contributed by atoms with Gasteiger partial charge in [-0.15, -0.1) is 0 Å². The van der Waals surface area contributed by atoms with Crippen molar-refractivity contribution in [1.82, 2.24) is 15.0 Å². The molecule has 0 aliphatic heterocycles. The fourth-order valence-corrected chi connectivity index (χ4v) is 2.29. The molecule has 3 rings (SSSR count). The molecule has 7 heteroatoms. The first-order chi connectivity index (χ1) is 10.8. The molecule has 0 fully saturated rings. The molecule has 2 heterocycles. The Kier molecular flexibility index (Phi) is 3.71. The van der Waals surface area contributed by atoms with Crippen LogP contribution in [0.1, 0.15) is 22.6 Å². The molecule has 0 saturated carbocycles. The second kappa shape index (κ2) is 5.57. The summed E-state index contributed by atoms with van der Waals surface area (Å²) in [6.45, 7) is 4.33. The molecule has 2 aromatic heterocycles. The smallest absolute Gasteiger partial charge is 0.378 e. The van der Waals surface area contributed by atoms with Gasteiger partial charge in [0.25, 0.3) is 0 Å². The Labute approximate surface area is 130 Å². The number of imidazole rings is 1. The third-order valence-electron chi connectivity index (χ3n) is 3.66. The number of pyridine rings is 1. The summed E-state index contributed by atoms with van der Waals surface area (Å²) in [6.07, 6.45) is -3.32. The zero-order chi connectivity index (χ0) is 16.6. The molecule has 0 radical (unpaired) electrons. The van der Waals surface area contributed by atoms with Crippen molar-refractivity contribution in [2.45, 2.75) is 26.6 Å². The molecule has 0 spiro atoms. The van der Waals surface area contributed by atoms with Crippen LogP contribution in [0.15, 0.2) is 30.5 Å². The summed E-state index contributed by atoms with van der Waals surface area (Å²) in [5.74, 6) is 0.662. The van der Waals surface area contributed by atoms with Gasteiger partial charge in [-0.3, -0.25) is 4.98 Å². The van der Waals surface area contributed by atoms with Crippen LogP contribution in [0.5, 0.6) is 0 Å². The number of anilines is 1. The van der Waals surface area contributed by atoms with E-state index >= 15 is 0 Å².